The number of aryl methyl sites for hydroxylation is 1. The van der Waals surface area contributed by atoms with Gasteiger partial charge in [0.05, 0.1) is 5.56 Å². The number of carbonyl (C=O) groups is 1. The second-order valence-electron chi connectivity index (χ2n) is 5.26. The van der Waals surface area contributed by atoms with Crippen molar-refractivity contribution in [2.45, 2.75) is 38.3 Å². The lowest BCUT2D eigenvalue weighted by atomic mass is 10.1. The number of nitrogen functional groups attached to an aromatic ring is 1. The Morgan fingerprint density at radius 2 is 2.21 bits per heavy atom. The first-order valence-electron chi connectivity index (χ1n) is 6.55. The van der Waals surface area contributed by atoms with Gasteiger partial charge < -0.3 is 16.0 Å². The Bertz CT molecular complexity index is 474. The van der Waals surface area contributed by atoms with E-state index in [1.165, 1.54) is 6.20 Å². The topological polar surface area (TPSA) is 84.1 Å². The summed E-state index contributed by atoms with van der Waals surface area (Å²) in [7, 11) is 4.08. The van der Waals surface area contributed by atoms with Crippen LogP contribution in [0.1, 0.15) is 35.4 Å². The molecule has 6 nitrogen and oxygen atoms in total. The zero-order chi connectivity index (χ0) is 14.0. The van der Waals surface area contributed by atoms with Gasteiger partial charge in [-0.1, -0.05) is 0 Å². The fourth-order valence-corrected chi connectivity index (χ4v) is 2.64. The van der Waals surface area contributed by atoms with Crippen LogP contribution in [0.2, 0.25) is 0 Å². The second-order valence-corrected chi connectivity index (χ2v) is 5.26. The van der Waals surface area contributed by atoms with E-state index in [0.29, 0.717) is 17.4 Å². The Labute approximate surface area is 113 Å². The van der Waals surface area contributed by atoms with Crippen LogP contribution in [0.3, 0.4) is 0 Å². The lowest BCUT2D eigenvalue weighted by molar-refractivity contribution is 0.0919. The molecule has 1 amide bonds. The molecule has 2 rings (SSSR count). The third kappa shape index (κ3) is 3.01. The summed E-state index contributed by atoms with van der Waals surface area (Å²) in [5.74, 6) is 0.627. The maximum Gasteiger partial charge on any atom is 0.256 e. The van der Waals surface area contributed by atoms with Gasteiger partial charge in [0.15, 0.2) is 0 Å². The van der Waals surface area contributed by atoms with Crippen molar-refractivity contribution in [3.8, 4) is 0 Å². The zero-order valence-corrected chi connectivity index (χ0v) is 11.7. The van der Waals surface area contributed by atoms with Gasteiger partial charge in [-0.3, -0.25) is 4.79 Å². The molecule has 0 bridgehead atoms. The molecule has 1 aromatic rings. The summed E-state index contributed by atoms with van der Waals surface area (Å²) in [5.41, 5.74) is 6.13. The summed E-state index contributed by atoms with van der Waals surface area (Å²) in [6, 6.07) is 0.555. The molecule has 1 fully saturated rings. The third-order valence-corrected chi connectivity index (χ3v) is 3.64. The van der Waals surface area contributed by atoms with Crippen molar-refractivity contribution in [3.63, 3.8) is 0 Å². The maximum absolute atomic E-state index is 12.2. The molecule has 0 radical (unpaired) electrons. The number of hydrogen-bond acceptors (Lipinski definition) is 5. The van der Waals surface area contributed by atoms with Crippen molar-refractivity contribution in [2.24, 2.45) is 0 Å². The summed E-state index contributed by atoms with van der Waals surface area (Å²) in [6.45, 7) is 1.75. The number of nitrogens with zero attached hydrogens (tertiary/aromatic N) is 3. The van der Waals surface area contributed by atoms with Crippen molar-refractivity contribution in [1.82, 2.24) is 20.2 Å². The lowest BCUT2D eigenvalue weighted by Gasteiger charge is -2.26. The van der Waals surface area contributed by atoms with Crippen LogP contribution < -0.4 is 11.1 Å². The molecule has 1 aliphatic carbocycles. The van der Waals surface area contributed by atoms with Gasteiger partial charge in [-0.15, -0.1) is 0 Å². The number of anilines is 1. The fourth-order valence-electron chi connectivity index (χ4n) is 2.64. The smallest absolute Gasteiger partial charge is 0.256 e. The van der Waals surface area contributed by atoms with Gasteiger partial charge in [-0.25, -0.2) is 9.97 Å². The van der Waals surface area contributed by atoms with Gasteiger partial charge in [-0.05, 0) is 40.3 Å². The number of amides is 1. The summed E-state index contributed by atoms with van der Waals surface area (Å²) >= 11 is 0. The molecule has 3 N–H and O–H groups in total. The number of aromatic nitrogens is 2. The van der Waals surface area contributed by atoms with E-state index in [1.54, 1.807) is 6.92 Å². The van der Waals surface area contributed by atoms with E-state index in [1.807, 2.05) is 14.1 Å². The van der Waals surface area contributed by atoms with Crippen LogP contribution in [0.5, 0.6) is 0 Å². The Balaban J connectivity index is 2.08. The number of nitrogens with two attached hydrogens (primary N) is 1. The van der Waals surface area contributed by atoms with E-state index in [-0.39, 0.29) is 17.8 Å². The Morgan fingerprint density at radius 3 is 2.84 bits per heavy atom. The van der Waals surface area contributed by atoms with E-state index in [4.69, 9.17) is 5.73 Å². The standard InChI is InChI=1S/C13H21N5O/c1-8-15-7-9(12(14)16-8)13(19)17-10-5-4-6-11(10)18(2)3/h7,10-11H,4-6H2,1-3H3,(H,17,19)(H2,14,15,16)/t10-,11-/m1/s1. The fraction of sp³-hybridized carbons (Fsp3) is 0.615. The predicted molar refractivity (Wildman–Crippen MR) is 73.8 cm³/mol. The molecule has 0 saturated heterocycles. The first-order chi connectivity index (χ1) is 8.99. The highest BCUT2D eigenvalue weighted by Crippen LogP contribution is 2.23. The van der Waals surface area contributed by atoms with E-state index < -0.39 is 0 Å². The highest BCUT2D eigenvalue weighted by atomic mass is 16.1. The number of hydrogen-bond donors (Lipinski definition) is 2. The first kappa shape index (κ1) is 13.7. The third-order valence-electron chi connectivity index (χ3n) is 3.64. The Kier molecular flexibility index (Phi) is 3.99. The molecule has 104 valence electrons. The lowest BCUT2D eigenvalue weighted by Crippen LogP contribution is -2.46. The van der Waals surface area contributed by atoms with Crippen molar-refractivity contribution >= 4 is 11.7 Å². The van der Waals surface area contributed by atoms with Crippen LogP contribution in [0.15, 0.2) is 6.20 Å². The molecule has 19 heavy (non-hydrogen) atoms. The monoisotopic (exact) mass is 263 g/mol. The minimum absolute atomic E-state index is 0.170. The molecule has 0 spiro atoms. The summed E-state index contributed by atoms with van der Waals surface area (Å²) in [6.07, 6.45) is 4.74. The molecule has 0 unspecified atom stereocenters. The highest BCUT2D eigenvalue weighted by Gasteiger charge is 2.30. The van der Waals surface area contributed by atoms with Crippen LogP contribution in [-0.4, -0.2) is 47.0 Å². The molecule has 2 atom stereocenters. The predicted octanol–water partition coefficient (Wildman–Crippen LogP) is 0.580. The van der Waals surface area contributed by atoms with Crippen molar-refractivity contribution in [2.75, 3.05) is 19.8 Å². The summed E-state index contributed by atoms with van der Waals surface area (Å²) < 4.78 is 0. The number of nitrogens with one attached hydrogen (secondary N) is 1. The number of rotatable bonds is 3. The highest BCUT2D eigenvalue weighted by molar-refractivity contribution is 5.98. The van der Waals surface area contributed by atoms with Crippen LogP contribution >= 0.6 is 0 Å². The van der Waals surface area contributed by atoms with Crippen molar-refractivity contribution in [1.29, 1.82) is 0 Å². The Morgan fingerprint density at radius 1 is 1.47 bits per heavy atom. The van der Waals surface area contributed by atoms with Gasteiger partial charge in [0.2, 0.25) is 0 Å². The maximum atomic E-state index is 12.2. The van der Waals surface area contributed by atoms with Gasteiger partial charge >= 0.3 is 0 Å². The molecule has 1 aliphatic rings. The van der Waals surface area contributed by atoms with E-state index in [9.17, 15) is 4.79 Å². The second kappa shape index (κ2) is 5.52. The molecule has 0 aromatic carbocycles. The number of carbonyl (C=O) groups excluding carboxylic acids is 1. The van der Waals surface area contributed by atoms with Crippen LogP contribution in [-0.2, 0) is 0 Å². The van der Waals surface area contributed by atoms with Gasteiger partial charge in [0, 0.05) is 18.3 Å². The van der Waals surface area contributed by atoms with Crippen LogP contribution in [0.4, 0.5) is 5.82 Å². The molecule has 0 aliphatic heterocycles. The van der Waals surface area contributed by atoms with Gasteiger partial charge in [0.25, 0.3) is 5.91 Å². The SMILES string of the molecule is Cc1ncc(C(=O)N[C@@H]2CCC[C@H]2N(C)C)c(N)n1. The van der Waals surface area contributed by atoms with Crippen molar-refractivity contribution < 1.29 is 4.79 Å². The van der Waals surface area contributed by atoms with Gasteiger partial charge in [0.1, 0.15) is 11.6 Å². The molecular formula is C13H21N5O. The quantitative estimate of drug-likeness (QED) is 0.833. The van der Waals surface area contributed by atoms with E-state index in [0.717, 1.165) is 19.3 Å². The normalized spacial score (nSPS) is 22.7. The van der Waals surface area contributed by atoms with E-state index >= 15 is 0 Å². The summed E-state index contributed by atoms with van der Waals surface area (Å²) in [5, 5.41) is 3.05. The Hall–Kier alpha value is -1.69. The average Bonchev–Trinajstić information content (AvgIpc) is 2.76. The van der Waals surface area contributed by atoms with Crippen LogP contribution in [0, 0.1) is 6.92 Å². The average molecular weight is 263 g/mol. The van der Waals surface area contributed by atoms with Gasteiger partial charge in [-0.2, -0.15) is 0 Å². The van der Waals surface area contributed by atoms with E-state index in [2.05, 4.69) is 20.2 Å². The molecule has 1 heterocycles. The number of likely N-dealkylation sites (N-methyl/N-ethyl adjacent to an activating group) is 1. The largest absolute Gasteiger partial charge is 0.383 e. The van der Waals surface area contributed by atoms with Crippen molar-refractivity contribution in [3.05, 3.63) is 17.6 Å². The van der Waals surface area contributed by atoms with Crippen LogP contribution in [0.25, 0.3) is 0 Å². The minimum Gasteiger partial charge on any atom is -0.383 e. The molecular weight excluding hydrogens is 242 g/mol. The molecule has 6 heteroatoms. The zero-order valence-electron chi connectivity index (χ0n) is 11.7. The molecule has 1 aromatic heterocycles. The minimum atomic E-state index is -0.184. The first-order valence-corrected chi connectivity index (χ1v) is 6.55. The summed E-state index contributed by atoms with van der Waals surface area (Å²) in [4.78, 5) is 22.4. The molecule has 1 saturated carbocycles.